The van der Waals surface area contributed by atoms with Crippen LogP contribution in [-0.2, 0) is 20.4 Å². The number of ketones is 2. The van der Waals surface area contributed by atoms with Crippen molar-refractivity contribution in [1.82, 2.24) is 0 Å². The smallest absolute Gasteiger partial charge is 0.170 e. The van der Waals surface area contributed by atoms with E-state index in [9.17, 15) is 18.9 Å². The van der Waals surface area contributed by atoms with Crippen molar-refractivity contribution in [2.45, 2.75) is 43.4 Å². The molecule has 1 aliphatic rings. The van der Waals surface area contributed by atoms with Crippen molar-refractivity contribution in [3.63, 3.8) is 0 Å². The van der Waals surface area contributed by atoms with Crippen LogP contribution in [0.1, 0.15) is 44.1 Å². The molecule has 2 rings (SSSR count). The van der Waals surface area contributed by atoms with E-state index in [1.165, 1.54) is 0 Å². The molecular weight excluding hydrogens is 300 g/mol. The van der Waals surface area contributed by atoms with Crippen molar-refractivity contribution in [2.24, 2.45) is 0 Å². The Morgan fingerprint density at radius 1 is 1.18 bits per heavy atom. The van der Waals surface area contributed by atoms with Gasteiger partial charge in [-0.1, -0.05) is 19.1 Å². The summed E-state index contributed by atoms with van der Waals surface area (Å²) < 4.78 is 11.4. The zero-order valence-electron chi connectivity index (χ0n) is 12.8. The van der Waals surface area contributed by atoms with Gasteiger partial charge in [0.05, 0.1) is 5.57 Å². The minimum atomic E-state index is -1.04. The van der Waals surface area contributed by atoms with Gasteiger partial charge in [-0.15, -0.1) is 0 Å². The highest BCUT2D eigenvalue weighted by Gasteiger charge is 2.33. The molecule has 5 heteroatoms. The highest BCUT2D eigenvalue weighted by Crippen LogP contribution is 2.33. The molecule has 118 valence electrons. The second-order valence-electron chi connectivity index (χ2n) is 5.55. The highest BCUT2D eigenvalue weighted by molar-refractivity contribution is 7.84. The Kier molecular flexibility index (Phi) is 5.29. The van der Waals surface area contributed by atoms with Crippen molar-refractivity contribution in [2.75, 3.05) is 6.26 Å². The van der Waals surface area contributed by atoms with Crippen LogP contribution in [-0.4, -0.2) is 27.1 Å². The van der Waals surface area contributed by atoms with E-state index in [0.29, 0.717) is 12.8 Å². The van der Waals surface area contributed by atoms with E-state index in [1.54, 1.807) is 18.4 Å². The monoisotopic (exact) mass is 320 g/mol. The summed E-state index contributed by atoms with van der Waals surface area (Å²) >= 11 is 0. The lowest BCUT2D eigenvalue weighted by atomic mass is 9.79. The minimum Gasteiger partial charge on any atom is -0.511 e. The van der Waals surface area contributed by atoms with Crippen LogP contribution in [0, 0.1) is 0 Å². The molecule has 1 atom stereocenters. The maximum absolute atomic E-state index is 12.2. The molecular formula is C17H20O4S. The summed E-state index contributed by atoms with van der Waals surface area (Å²) in [5, 5.41) is 9.87. The summed E-state index contributed by atoms with van der Waals surface area (Å²) in [6.45, 7) is 1.89. The number of Topliss-reactive ketones (excluding diaryl/α,β-unsaturated/α-hetero) is 2. The number of carbonyl (C=O) groups is 2. The van der Waals surface area contributed by atoms with Gasteiger partial charge in [-0.3, -0.25) is 13.8 Å². The lowest BCUT2D eigenvalue weighted by Crippen LogP contribution is -2.26. The molecule has 1 saturated carbocycles. The number of rotatable bonds is 4. The van der Waals surface area contributed by atoms with Gasteiger partial charge < -0.3 is 5.11 Å². The number of carbonyl (C=O) groups excluding carboxylic acids is 2. The molecule has 1 aromatic rings. The van der Waals surface area contributed by atoms with Crippen molar-refractivity contribution >= 4 is 22.4 Å². The molecule has 4 nitrogen and oxygen atoms in total. The molecule has 1 N–H and O–H groups in total. The van der Waals surface area contributed by atoms with Crippen LogP contribution in [0.3, 0.4) is 0 Å². The largest absolute Gasteiger partial charge is 0.511 e. The van der Waals surface area contributed by atoms with Crippen molar-refractivity contribution in [3.8, 4) is 0 Å². The first-order chi connectivity index (χ1) is 10.4. The van der Waals surface area contributed by atoms with E-state index in [1.807, 2.05) is 19.1 Å². The van der Waals surface area contributed by atoms with Crippen LogP contribution < -0.4 is 0 Å². The van der Waals surface area contributed by atoms with E-state index < -0.39 is 10.8 Å². The number of aliphatic hydroxyl groups is 1. The minimum absolute atomic E-state index is 0.00983. The van der Waals surface area contributed by atoms with Crippen LogP contribution in [0.25, 0.3) is 0 Å². The van der Waals surface area contributed by atoms with Gasteiger partial charge in [-0.25, -0.2) is 0 Å². The fourth-order valence-electron chi connectivity index (χ4n) is 2.73. The van der Waals surface area contributed by atoms with E-state index in [2.05, 4.69) is 0 Å². The molecule has 0 aromatic heterocycles. The van der Waals surface area contributed by atoms with Crippen LogP contribution in [0.5, 0.6) is 0 Å². The van der Waals surface area contributed by atoms with E-state index in [0.717, 1.165) is 10.5 Å². The first-order valence-corrected chi connectivity index (χ1v) is 8.91. The van der Waals surface area contributed by atoms with Crippen LogP contribution in [0.4, 0.5) is 0 Å². The van der Waals surface area contributed by atoms with Gasteiger partial charge in [-0.2, -0.15) is 0 Å². The van der Waals surface area contributed by atoms with Gasteiger partial charge in [0.2, 0.25) is 0 Å². The molecule has 0 heterocycles. The zero-order chi connectivity index (χ0) is 16.3. The standard InChI is InChI=1S/C17H20O4S/c1-3-4-14(18)17-15(19)9-12(10-16(17)20)11-5-7-13(8-6-11)22(2)21/h5-8,12,18H,3-4,9-10H2,1-2H3. The van der Waals surface area contributed by atoms with Crippen molar-refractivity contribution in [1.29, 1.82) is 0 Å². The number of hydrogen-bond donors (Lipinski definition) is 1. The molecule has 0 saturated heterocycles. The Bertz CT molecular complexity index is 623. The van der Waals surface area contributed by atoms with E-state index in [-0.39, 0.29) is 41.7 Å². The molecule has 0 spiro atoms. The van der Waals surface area contributed by atoms with E-state index >= 15 is 0 Å². The highest BCUT2D eigenvalue weighted by atomic mass is 32.2. The average molecular weight is 320 g/mol. The Morgan fingerprint density at radius 2 is 1.73 bits per heavy atom. The SMILES string of the molecule is CCCC(O)=C1C(=O)CC(c2ccc(S(C)=O)cc2)CC1=O. The third kappa shape index (κ3) is 3.53. The van der Waals surface area contributed by atoms with Crippen LogP contribution in [0.15, 0.2) is 40.5 Å². The number of aliphatic hydroxyl groups excluding tert-OH is 1. The Balaban J connectivity index is 2.21. The first-order valence-electron chi connectivity index (χ1n) is 7.36. The molecule has 1 aromatic carbocycles. The lowest BCUT2D eigenvalue weighted by molar-refractivity contribution is -0.124. The molecule has 0 aliphatic heterocycles. The molecule has 0 radical (unpaired) electrons. The molecule has 1 fully saturated rings. The summed E-state index contributed by atoms with van der Waals surface area (Å²) in [4.78, 5) is 25.1. The summed E-state index contributed by atoms with van der Waals surface area (Å²) in [6, 6.07) is 7.17. The predicted octanol–water partition coefficient (Wildman–Crippen LogP) is 3.05. The molecule has 0 amide bonds. The third-order valence-electron chi connectivity index (χ3n) is 3.88. The normalized spacial score (nSPS) is 20.1. The zero-order valence-corrected chi connectivity index (χ0v) is 13.6. The van der Waals surface area contributed by atoms with Gasteiger partial charge in [-0.05, 0) is 30.0 Å². The fourth-order valence-corrected chi connectivity index (χ4v) is 3.25. The van der Waals surface area contributed by atoms with Crippen molar-refractivity contribution in [3.05, 3.63) is 41.2 Å². The Hall–Kier alpha value is -1.75. The quantitative estimate of drug-likeness (QED) is 0.526. The van der Waals surface area contributed by atoms with Crippen LogP contribution in [0.2, 0.25) is 0 Å². The van der Waals surface area contributed by atoms with Gasteiger partial charge in [0.25, 0.3) is 0 Å². The molecule has 1 aliphatic carbocycles. The summed E-state index contributed by atoms with van der Waals surface area (Å²) in [5.41, 5.74) is 0.884. The second kappa shape index (κ2) is 7.01. The summed E-state index contributed by atoms with van der Waals surface area (Å²) in [7, 11) is -1.04. The predicted molar refractivity (Wildman–Crippen MR) is 85.3 cm³/mol. The van der Waals surface area contributed by atoms with Gasteiger partial charge in [0, 0.05) is 41.2 Å². The second-order valence-corrected chi connectivity index (χ2v) is 6.93. The van der Waals surface area contributed by atoms with Crippen LogP contribution >= 0.6 is 0 Å². The third-order valence-corrected chi connectivity index (χ3v) is 4.82. The number of hydrogen-bond acceptors (Lipinski definition) is 4. The van der Waals surface area contributed by atoms with Crippen molar-refractivity contribution < 1.29 is 18.9 Å². The van der Waals surface area contributed by atoms with Gasteiger partial charge in [0.1, 0.15) is 5.76 Å². The Morgan fingerprint density at radius 3 is 2.18 bits per heavy atom. The summed E-state index contributed by atoms with van der Waals surface area (Å²) in [6.07, 6.45) is 3.10. The number of benzene rings is 1. The lowest BCUT2D eigenvalue weighted by Gasteiger charge is -2.23. The molecule has 22 heavy (non-hydrogen) atoms. The average Bonchev–Trinajstić information content (AvgIpc) is 2.46. The maximum Gasteiger partial charge on any atom is 0.170 e. The molecule has 0 bridgehead atoms. The maximum atomic E-state index is 12.2. The molecule has 1 unspecified atom stereocenters. The van der Waals surface area contributed by atoms with Gasteiger partial charge >= 0.3 is 0 Å². The Labute approximate surface area is 132 Å². The fraction of sp³-hybridized carbons (Fsp3) is 0.412. The van der Waals surface area contributed by atoms with Gasteiger partial charge in [0.15, 0.2) is 11.6 Å². The summed E-state index contributed by atoms with van der Waals surface area (Å²) in [5.74, 6) is -0.809. The van der Waals surface area contributed by atoms with E-state index in [4.69, 9.17) is 0 Å². The topological polar surface area (TPSA) is 71.4 Å². The number of allylic oxidation sites excluding steroid dienone is 2. The first kappa shape index (κ1) is 16.6.